The molecule has 5 heterocycles. The largest absolute Gasteiger partial charge is 0.586 e. The fraction of sp³-hybridized carbons (Fsp3) is 0.310. The molecule has 2 aromatic heterocycles. The molecule has 44 heavy (non-hydrogen) atoms. The number of pyridine rings is 1. The maximum atomic E-state index is 13.9. The number of nitrogens with one attached hydrogen (secondary N) is 2. The first-order valence-electron chi connectivity index (χ1n) is 13.7. The minimum atomic E-state index is -3.80. The predicted molar refractivity (Wildman–Crippen MR) is 156 cm³/mol. The summed E-state index contributed by atoms with van der Waals surface area (Å²) in [6, 6.07) is 9.22. The van der Waals surface area contributed by atoms with Gasteiger partial charge < -0.3 is 39.2 Å². The van der Waals surface area contributed by atoms with E-state index in [2.05, 4.69) is 30.0 Å². The monoisotopic (exact) mass is 625 g/mol. The van der Waals surface area contributed by atoms with E-state index in [4.69, 9.17) is 19.2 Å². The van der Waals surface area contributed by atoms with Crippen molar-refractivity contribution in [1.29, 1.82) is 0 Å². The molecule has 0 saturated carbocycles. The van der Waals surface area contributed by atoms with E-state index < -0.39 is 18.1 Å². The van der Waals surface area contributed by atoms with Crippen molar-refractivity contribution >= 4 is 49.9 Å². The molecule has 228 valence electrons. The molecular weight excluding hydrogens is 600 g/mol. The molecule has 0 spiro atoms. The lowest BCUT2D eigenvalue weighted by Gasteiger charge is -2.52. The fourth-order valence-corrected chi connectivity index (χ4v) is 6.70. The Labute approximate surface area is 252 Å². The van der Waals surface area contributed by atoms with Crippen molar-refractivity contribution < 1.29 is 42.1 Å². The third-order valence-corrected chi connectivity index (χ3v) is 8.55. The number of anilines is 3. The van der Waals surface area contributed by atoms with Gasteiger partial charge in [0.1, 0.15) is 11.3 Å². The zero-order valence-corrected chi connectivity index (χ0v) is 24.2. The number of amides is 2. The second-order valence-corrected chi connectivity index (χ2v) is 11.2. The van der Waals surface area contributed by atoms with Crippen molar-refractivity contribution in [2.24, 2.45) is 0 Å². The van der Waals surface area contributed by atoms with Crippen LogP contribution < -0.4 is 34.5 Å². The van der Waals surface area contributed by atoms with Gasteiger partial charge in [-0.3, -0.25) is 9.59 Å². The van der Waals surface area contributed by atoms with E-state index in [1.807, 2.05) is 13.0 Å². The van der Waals surface area contributed by atoms with Crippen LogP contribution in [0.4, 0.5) is 25.3 Å². The maximum Gasteiger partial charge on any atom is 0.586 e. The smallest absolute Gasteiger partial charge is 0.493 e. The number of nitrogens with zero attached hydrogens (tertiary/aromatic N) is 3. The van der Waals surface area contributed by atoms with Crippen LogP contribution in [0.1, 0.15) is 34.1 Å². The van der Waals surface area contributed by atoms with E-state index in [1.54, 1.807) is 6.07 Å². The highest BCUT2D eigenvalue weighted by Gasteiger charge is 2.44. The SMILES string of the molecule is CCOc1ccc2nc(N3C4COCC3C4)sc2c1C(=O)Nc1cnc(OC)cc1C(=O)Nc1ccc2c(c1)OC(F)(F)O2. The molecule has 2 amide bonds. The number of methoxy groups -OCH3 is 1. The summed E-state index contributed by atoms with van der Waals surface area (Å²) in [7, 11) is 1.38. The third-order valence-electron chi connectivity index (χ3n) is 7.45. The number of aromatic nitrogens is 2. The average Bonchev–Trinajstić information content (AvgIpc) is 3.55. The molecule has 15 heteroatoms. The molecule has 2 N–H and O–H groups in total. The number of ether oxygens (including phenoxy) is 5. The molecule has 3 aliphatic rings. The van der Waals surface area contributed by atoms with Crippen LogP contribution in [-0.4, -0.2) is 67.1 Å². The molecule has 7 rings (SSSR count). The summed E-state index contributed by atoms with van der Waals surface area (Å²) in [4.78, 5) is 38.6. The summed E-state index contributed by atoms with van der Waals surface area (Å²) >= 11 is 1.40. The Kier molecular flexibility index (Phi) is 6.85. The van der Waals surface area contributed by atoms with Crippen molar-refractivity contribution in [3.8, 4) is 23.1 Å². The lowest BCUT2D eigenvalue weighted by Crippen LogP contribution is -2.64. The molecular formula is C29H25F2N5O7S. The van der Waals surface area contributed by atoms with E-state index in [1.165, 1.54) is 48.9 Å². The Hall–Kier alpha value is -4.76. The van der Waals surface area contributed by atoms with E-state index in [0.717, 1.165) is 11.6 Å². The maximum absolute atomic E-state index is 13.9. The van der Waals surface area contributed by atoms with Gasteiger partial charge in [0.15, 0.2) is 16.6 Å². The molecule has 2 bridgehead atoms. The summed E-state index contributed by atoms with van der Waals surface area (Å²) in [5, 5.41) is 6.23. The fourth-order valence-electron chi connectivity index (χ4n) is 5.46. The van der Waals surface area contributed by atoms with Gasteiger partial charge in [0.25, 0.3) is 11.8 Å². The van der Waals surface area contributed by atoms with Crippen LogP contribution in [-0.2, 0) is 4.74 Å². The van der Waals surface area contributed by atoms with Gasteiger partial charge in [0, 0.05) is 17.8 Å². The van der Waals surface area contributed by atoms with Crippen molar-refractivity contribution in [2.45, 2.75) is 31.7 Å². The first-order valence-corrected chi connectivity index (χ1v) is 14.5. The molecule has 2 aromatic carbocycles. The second kappa shape index (κ2) is 10.7. The van der Waals surface area contributed by atoms with Gasteiger partial charge in [0.2, 0.25) is 5.88 Å². The summed E-state index contributed by atoms with van der Waals surface area (Å²) in [5.41, 5.74) is 1.17. The van der Waals surface area contributed by atoms with Crippen molar-refractivity contribution in [1.82, 2.24) is 9.97 Å². The van der Waals surface area contributed by atoms with Gasteiger partial charge in [-0.25, -0.2) is 9.97 Å². The van der Waals surface area contributed by atoms with Crippen LogP contribution in [0.25, 0.3) is 10.2 Å². The summed E-state index contributed by atoms with van der Waals surface area (Å²) < 4.78 is 53.1. The van der Waals surface area contributed by atoms with E-state index in [9.17, 15) is 18.4 Å². The number of hydrogen-bond acceptors (Lipinski definition) is 11. The van der Waals surface area contributed by atoms with Gasteiger partial charge in [-0.15, -0.1) is 8.78 Å². The van der Waals surface area contributed by atoms with Crippen LogP contribution in [0.5, 0.6) is 23.1 Å². The van der Waals surface area contributed by atoms with Gasteiger partial charge in [-0.2, -0.15) is 0 Å². The minimum Gasteiger partial charge on any atom is -0.493 e. The number of halogens is 2. The number of morpholine rings is 1. The number of alkyl halides is 2. The highest BCUT2D eigenvalue weighted by atomic mass is 32.1. The van der Waals surface area contributed by atoms with Crippen molar-refractivity contribution in [3.63, 3.8) is 0 Å². The first-order chi connectivity index (χ1) is 21.2. The molecule has 2 fully saturated rings. The second-order valence-electron chi connectivity index (χ2n) is 10.2. The van der Waals surface area contributed by atoms with Crippen LogP contribution in [0.15, 0.2) is 42.6 Å². The first kappa shape index (κ1) is 28.0. The number of rotatable bonds is 8. The van der Waals surface area contributed by atoms with Crippen LogP contribution in [0.3, 0.4) is 0 Å². The molecule has 0 radical (unpaired) electrons. The highest BCUT2D eigenvalue weighted by molar-refractivity contribution is 7.22. The van der Waals surface area contributed by atoms with Gasteiger partial charge in [-0.1, -0.05) is 11.3 Å². The predicted octanol–water partition coefficient (Wildman–Crippen LogP) is 4.90. The van der Waals surface area contributed by atoms with E-state index in [-0.39, 0.29) is 52.0 Å². The lowest BCUT2D eigenvalue weighted by molar-refractivity contribution is -0.286. The van der Waals surface area contributed by atoms with Gasteiger partial charge >= 0.3 is 6.29 Å². The Bertz CT molecular complexity index is 1790. The van der Waals surface area contributed by atoms with Gasteiger partial charge in [0.05, 0.1) is 66.7 Å². The Morgan fingerprint density at radius 2 is 1.89 bits per heavy atom. The molecule has 12 nitrogen and oxygen atoms in total. The number of benzene rings is 2. The molecule has 2 atom stereocenters. The van der Waals surface area contributed by atoms with Crippen LogP contribution in [0, 0.1) is 0 Å². The van der Waals surface area contributed by atoms with Crippen LogP contribution in [0.2, 0.25) is 0 Å². The number of hydrogen-bond donors (Lipinski definition) is 2. The van der Waals surface area contributed by atoms with Crippen molar-refractivity contribution in [3.05, 3.63) is 53.7 Å². The number of carbonyl (C=O) groups excluding carboxylic acids is 2. The molecule has 2 saturated heterocycles. The molecule has 3 aliphatic heterocycles. The number of thiazole rings is 1. The van der Waals surface area contributed by atoms with E-state index >= 15 is 0 Å². The van der Waals surface area contributed by atoms with Gasteiger partial charge in [-0.05, 0) is 37.6 Å². The third kappa shape index (κ3) is 4.97. The summed E-state index contributed by atoms with van der Waals surface area (Å²) in [6.07, 6.45) is -1.46. The molecule has 4 aromatic rings. The van der Waals surface area contributed by atoms with Crippen molar-refractivity contribution in [2.75, 3.05) is 42.5 Å². The standard InChI is InChI=1S/C29H25F2N5O7S/c1-3-41-21-7-5-18-25(44-28(35-18)36-15-9-16(36)13-40-12-15)24(21)27(38)34-19-11-32-23(39-2)10-17(19)26(37)33-14-4-6-20-22(8-14)43-29(30,31)42-20/h4-8,10-11,15-16H,3,9,12-13H2,1-2H3,(H,33,37)(H,34,38). The molecule has 2 unspecified atom stereocenters. The topological polar surface area (TPSA) is 133 Å². The summed E-state index contributed by atoms with van der Waals surface area (Å²) in [5.74, 6) is -1.11. The van der Waals surface area contributed by atoms with E-state index in [0.29, 0.717) is 35.8 Å². The average molecular weight is 626 g/mol. The normalized spacial score (nSPS) is 19.3. The number of carbonyl (C=O) groups is 2. The lowest BCUT2D eigenvalue weighted by atomic mass is 9.92. The summed E-state index contributed by atoms with van der Waals surface area (Å²) in [6.45, 7) is 3.42. The zero-order chi connectivity index (χ0) is 30.6. The Balaban J connectivity index is 1.19. The highest BCUT2D eigenvalue weighted by Crippen LogP contribution is 2.44. The minimum absolute atomic E-state index is 0.0109. The Morgan fingerprint density at radius 3 is 2.64 bits per heavy atom. The molecule has 0 aliphatic carbocycles. The quantitative estimate of drug-likeness (QED) is 0.279. The van der Waals surface area contributed by atoms with Crippen LogP contribution >= 0.6 is 11.3 Å². The zero-order valence-electron chi connectivity index (χ0n) is 23.4. The number of fused-ring (bicyclic) bond motifs is 4. The Morgan fingerprint density at radius 1 is 1.09 bits per heavy atom.